The standard InChI is InChI=1S/C15H29NO/c1-15(8-10-17-11-9-15)13-16-12-14-6-4-2-3-5-7-14/h14,16H,2-13H2,1H3. The molecule has 0 atom stereocenters. The second-order valence-electron chi connectivity index (χ2n) is 6.41. The van der Waals surface area contributed by atoms with Crippen molar-refractivity contribution >= 4 is 0 Å². The molecule has 0 unspecified atom stereocenters. The number of hydrogen-bond donors (Lipinski definition) is 1. The van der Waals surface area contributed by atoms with Crippen LogP contribution in [-0.2, 0) is 4.74 Å². The second-order valence-corrected chi connectivity index (χ2v) is 6.41. The zero-order valence-electron chi connectivity index (χ0n) is 11.5. The van der Waals surface area contributed by atoms with Gasteiger partial charge in [-0.2, -0.15) is 0 Å². The maximum absolute atomic E-state index is 5.45. The SMILES string of the molecule is CC1(CNCC2CCCCCC2)CCOCC1. The minimum atomic E-state index is 0.489. The Balaban J connectivity index is 1.63. The summed E-state index contributed by atoms with van der Waals surface area (Å²) in [6.45, 7) is 6.77. The van der Waals surface area contributed by atoms with Crippen molar-refractivity contribution in [2.24, 2.45) is 11.3 Å². The molecule has 0 amide bonds. The molecule has 0 aromatic rings. The smallest absolute Gasteiger partial charge is 0.0471 e. The van der Waals surface area contributed by atoms with Crippen LogP contribution in [0.15, 0.2) is 0 Å². The third-order valence-electron chi connectivity index (χ3n) is 4.66. The van der Waals surface area contributed by atoms with Gasteiger partial charge in [0.25, 0.3) is 0 Å². The van der Waals surface area contributed by atoms with Gasteiger partial charge in [0.15, 0.2) is 0 Å². The van der Waals surface area contributed by atoms with Crippen LogP contribution in [0.3, 0.4) is 0 Å². The van der Waals surface area contributed by atoms with E-state index in [1.54, 1.807) is 0 Å². The van der Waals surface area contributed by atoms with Gasteiger partial charge in [0, 0.05) is 19.8 Å². The van der Waals surface area contributed by atoms with E-state index in [9.17, 15) is 0 Å². The second kappa shape index (κ2) is 6.75. The summed E-state index contributed by atoms with van der Waals surface area (Å²) in [6, 6.07) is 0. The van der Waals surface area contributed by atoms with Crippen LogP contribution in [0.25, 0.3) is 0 Å². The Morgan fingerprint density at radius 2 is 1.71 bits per heavy atom. The molecule has 0 aromatic heterocycles. The molecule has 2 aliphatic rings. The molecule has 0 spiro atoms. The minimum absolute atomic E-state index is 0.489. The summed E-state index contributed by atoms with van der Waals surface area (Å²) in [4.78, 5) is 0. The van der Waals surface area contributed by atoms with Crippen LogP contribution in [0.2, 0.25) is 0 Å². The summed E-state index contributed by atoms with van der Waals surface area (Å²) in [5.74, 6) is 0.945. The first-order chi connectivity index (χ1) is 8.29. The monoisotopic (exact) mass is 239 g/mol. The van der Waals surface area contributed by atoms with Gasteiger partial charge >= 0.3 is 0 Å². The zero-order valence-corrected chi connectivity index (χ0v) is 11.5. The molecule has 1 N–H and O–H groups in total. The highest BCUT2D eigenvalue weighted by Gasteiger charge is 2.27. The van der Waals surface area contributed by atoms with Crippen LogP contribution >= 0.6 is 0 Å². The van der Waals surface area contributed by atoms with Crippen molar-refractivity contribution in [2.45, 2.75) is 58.3 Å². The highest BCUT2D eigenvalue weighted by atomic mass is 16.5. The average molecular weight is 239 g/mol. The Kier molecular flexibility index (Phi) is 5.30. The summed E-state index contributed by atoms with van der Waals surface area (Å²) < 4.78 is 5.45. The molecule has 2 nitrogen and oxygen atoms in total. The Labute approximate surface area is 107 Å². The lowest BCUT2D eigenvalue weighted by atomic mass is 9.82. The van der Waals surface area contributed by atoms with E-state index in [0.717, 1.165) is 19.1 Å². The molecule has 2 rings (SSSR count). The first kappa shape index (κ1) is 13.4. The molecule has 2 fully saturated rings. The Hall–Kier alpha value is -0.0800. The molecular weight excluding hydrogens is 210 g/mol. The van der Waals surface area contributed by atoms with Crippen molar-refractivity contribution in [2.75, 3.05) is 26.3 Å². The molecule has 1 aliphatic carbocycles. The lowest BCUT2D eigenvalue weighted by molar-refractivity contribution is 0.0237. The molecule has 0 bridgehead atoms. The van der Waals surface area contributed by atoms with E-state index in [0.29, 0.717) is 5.41 Å². The van der Waals surface area contributed by atoms with Gasteiger partial charge in [0.2, 0.25) is 0 Å². The fourth-order valence-corrected chi connectivity index (χ4v) is 3.19. The third-order valence-corrected chi connectivity index (χ3v) is 4.66. The predicted octanol–water partition coefficient (Wildman–Crippen LogP) is 3.36. The van der Waals surface area contributed by atoms with Crippen LogP contribution < -0.4 is 5.32 Å². The largest absolute Gasteiger partial charge is 0.381 e. The van der Waals surface area contributed by atoms with Crippen LogP contribution in [0.4, 0.5) is 0 Å². The number of hydrogen-bond acceptors (Lipinski definition) is 2. The van der Waals surface area contributed by atoms with Gasteiger partial charge in [-0.1, -0.05) is 32.6 Å². The van der Waals surface area contributed by atoms with E-state index in [-0.39, 0.29) is 0 Å². The molecule has 0 radical (unpaired) electrons. The van der Waals surface area contributed by atoms with E-state index in [2.05, 4.69) is 12.2 Å². The quantitative estimate of drug-likeness (QED) is 0.760. The van der Waals surface area contributed by atoms with Crippen molar-refractivity contribution < 1.29 is 4.74 Å². The van der Waals surface area contributed by atoms with Gasteiger partial charge in [0.1, 0.15) is 0 Å². The number of ether oxygens (including phenoxy) is 1. The molecule has 1 saturated carbocycles. The summed E-state index contributed by atoms with van der Waals surface area (Å²) in [7, 11) is 0. The minimum Gasteiger partial charge on any atom is -0.381 e. The molecule has 0 aromatic carbocycles. The Morgan fingerprint density at radius 1 is 1.06 bits per heavy atom. The molecule has 2 heteroatoms. The van der Waals surface area contributed by atoms with Gasteiger partial charge in [0.05, 0.1) is 0 Å². The Bertz CT molecular complexity index is 203. The van der Waals surface area contributed by atoms with E-state index in [4.69, 9.17) is 4.74 Å². The highest BCUT2D eigenvalue weighted by molar-refractivity contribution is 4.80. The van der Waals surface area contributed by atoms with E-state index in [1.165, 1.54) is 64.5 Å². The van der Waals surface area contributed by atoms with Crippen molar-refractivity contribution in [1.29, 1.82) is 0 Å². The van der Waals surface area contributed by atoms with E-state index in [1.807, 2.05) is 0 Å². The van der Waals surface area contributed by atoms with Crippen LogP contribution in [-0.4, -0.2) is 26.3 Å². The first-order valence-electron chi connectivity index (χ1n) is 7.57. The Morgan fingerprint density at radius 3 is 2.35 bits per heavy atom. The lowest BCUT2D eigenvalue weighted by Gasteiger charge is -2.34. The highest BCUT2D eigenvalue weighted by Crippen LogP contribution is 2.29. The van der Waals surface area contributed by atoms with Crippen molar-refractivity contribution in [1.82, 2.24) is 5.32 Å². The molecule has 1 heterocycles. The summed E-state index contributed by atoms with van der Waals surface area (Å²) in [5.41, 5.74) is 0.489. The van der Waals surface area contributed by atoms with Crippen LogP contribution in [0.1, 0.15) is 58.3 Å². The van der Waals surface area contributed by atoms with Crippen molar-refractivity contribution in [3.63, 3.8) is 0 Å². The molecule has 17 heavy (non-hydrogen) atoms. The van der Waals surface area contributed by atoms with Crippen LogP contribution in [0.5, 0.6) is 0 Å². The first-order valence-corrected chi connectivity index (χ1v) is 7.57. The number of rotatable bonds is 4. The number of nitrogens with one attached hydrogen (secondary N) is 1. The van der Waals surface area contributed by atoms with E-state index >= 15 is 0 Å². The average Bonchev–Trinajstić information content (AvgIpc) is 2.58. The van der Waals surface area contributed by atoms with Gasteiger partial charge in [-0.25, -0.2) is 0 Å². The fraction of sp³-hybridized carbons (Fsp3) is 1.00. The molecule has 100 valence electrons. The predicted molar refractivity (Wildman–Crippen MR) is 72.2 cm³/mol. The fourth-order valence-electron chi connectivity index (χ4n) is 3.19. The molecule has 1 aliphatic heterocycles. The topological polar surface area (TPSA) is 21.3 Å². The van der Waals surface area contributed by atoms with Crippen LogP contribution in [0, 0.1) is 11.3 Å². The van der Waals surface area contributed by atoms with Crippen molar-refractivity contribution in [3.05, 3.63) is 0 Å². The van der Waals surface area contributed by atoms with Gasteiger partial charge in [-0.05, 0) is 43.6 Å². The summed E-state index contributed by atoms with van der Waals surface area (Å²) in [5, 5.41) is 3.74. The lowest BCUT2D eigenvalue weighted by Crippen LogP contribution is -2.38. The van der Waals surface area contributed by atoms with Gasteiger partial charge in [-0.15, -0.1) is 0 Å². The zero-order chi connectivity index (χ0) is 12.0. The maximum atomic E-state index is 5.45. The summed E-state index contributed by atoms with van der Waals surface area (Å²) >= 11 is 0. The summed E-state index contributed by atoms with van der Waals surface area (Å²) in [6.07, 6.45) is 11.2. The van der Waals surface area contributed by atoms with E-state index < -0.39 is 0 Å². The van der Waals surface area contributed by atoms with Crippen molar-refractivity contribution in [3.8, 4) is 0 Å². The normalized spacial score (nSPS) is 26.6. The van der Waals surface area contributed by atoms with Gasteiger partial charge in [-0.3, -0.25) is 0 Å². The molecule has 1 saturated heterocycles. The van der Waals surface area contributed by atoms with Gasteiger partial charge < -0.3 is 10.1 Å². The molecular formula is C15H29NO. The third kappa shape index (κ3) is 4.59. The maximum Gasteiger partial charge on any atom is 0.0471 e.